The summed E-state index contributed by atoms with van der Waals surface area (Å²) < 4.78 is 71.2. The van der Waals surface area contributed by atoms with Crippen LogP contribution in [-0.2, 0) is 33.3 Å². The fourth-order valence-corrected chi connectivity index (χ4v) is 8.31. The van der Waals surface area contributed by atoms with Crippen molar-refractivity contribution >= 4 is 11.9 Å². The van der Waals surface area contributed by atoms with Crippen molar-refractivity contribution in [3.8, 4) is 0 Å². The summed E-state index contributed by atoms with van der Waals surface area (Å²) in [6.45, 7) is 6.38. The molecule has 0 aromatic heterocycles. The highest BCUT2D eigenvalue weighted by Gasteiger charge is 2.57. The topological polar surface area (TPSA) is 214 Å². The molecule has 302 valence electrons. The molecule has 14 nitrogen and oxygen atoms in total. The van der Waals surface area contributed by atoms with Gasteiger partial charge >= 0.3 is 12.1 Å². The number of hydrogen-bond acceptors (Lipinski definition) is 12. The van der Waals surface area contributed by atoms with Gasteiger partial charge in [-0.3, -0.25) is 4.79 Å². The van der Waals surface area contributed by atoms with E-state index in [4.69, 9.17) is 23.7 Å². The van der Waals surface area contributed by atoms with Gasteiger partial charge in [0.15, 0.2) is 24.8 Å². The Bertz CT molecular complexity index is 1150. The van der Waals surface area contributed by atoms with Crippen molar-refractivity contribution < 1.29 is 77.1 Å². The zero-order valence-corrected chi connectivity index (χ0v) is 30.3. The number of halogens is 3. The van der Waals surface area contributed by atoms with Crippen molar-refractivity contribution in [2.75, 3.05) is 6.61 Å². The summed E-state index contributed by atoms with van der Waals surface area (Å²) in [7, 11) is 0. The number of aliphatic hydroxyl groups is 5. The van der Waals surface area contributed by atoms with Crippen LogP contribution in [0.5, 0.6) is 0 Å². The average molecular weight is 758 g/mol. The number of aliphatic carboxylic acids is 1. The van der Waals surface area contributed by atoms with Gasteiger partial charge in [0, 0.05) is 6.92 Å². The molecule has 4 aliphatic rings. The first-order valence-electron chi connectivity index (χ1n) is 18.7. The van der Waals surface area contributed by atoms with Gasteiger partial charge in [-0.1, -0.05) is 65.7 Å². The first-order chi connectivity index (χ1) is 24.5. The summed E-state index contributed by atoms with van der Waals surface area (Å²) in [6.07, 6.45) is -19.2. The molecule has 1 amide bonds. The van der Waals surface area contributed by atoms with E-state index in [2.05, 4.69) is 5.32 Å². The first kappa shape index (κ1) is 43.1. The van der Waals surface area contributed by atoms with Gasteiger partial charge < -0.3 is 59.6 Å². The fourth-order valence-electron chi connectivity index (χ4n) is 8.31. The number of carboxylic acid groups (broad SMARTS) is 1. The lowest BCUT2D eigenvalue weighted by atomic mass is 9.71. The van der Waals surface area contributed by atoms with Crippen molar-refractivity contribution in [2.45, 2.75) is 178 Å². The van der Waals surface area contributed by atoms with Crippen molar-refractivity contribution in [1.29, 1.82) is 0 Å². The molecule has 0 spiro atoms. The summed E-state index contributed by atoms with van der Waals surface area (Å²) in [6, 6.07) is -1.31. The molecule has 0 aromatic carbocycles. The minimum Gasteiger partial charge on any atom is -0.479 e. The van der Waals surface area contributed by atoms with Gasteiger partial charge in [0.1, 0.15) is 42.7 Å². The second kappa shape index (κ2) is 18.8. The smallest absolute Gasteiger partial charge is 0.417 e. The van der Waals surface area contributed by atoms with E-state index in [1.165, 1.54) is 6.92 Å². The minimum absolute atomic E-state index is 0.0216. The summed E-state index contributed by atoms with van der Waals surface area (Å²) in [4.78, 5) is 25.0. The normalized spacial score (nSPS) is 40.5. The van der Waals surface area contributed by atoms with Crippen LogP contribution in [0.3, 0.4) is 0 Å². The highest BCUT2D eigenvalue weighted by molar-refractivity contribution is 5.73. The number of amides is 1. The van der Waals surface area contributed by atoms with E-state index in [9.17, 15) is 53.4 Å². The summed E-state index contributed by atoms with van der Waals surface area (Å²) in [5.74, 6) is -1.96. The predicted octanol–water partition coefficient (Wildman–Crippen LogP) is 2.00. The van der Waals surface area contributed by atoms with Crippen LogP contribution in [0.4, 0.5) is 13.2 Å². The largest absolute Gasteiger partial charge is 0.479 e. The van der Waals surface area contributed by atoms with E-state index in [1.807, 2.05) is 20.8 Å². The zero-order valence-electron chi connectivity index (χ0n) is 30.3. The molecule has 4 rings (SSSR count). The van der Waals surface area contributed by atoms with E-state index in [0.29, 0.717) is 12.8 Å². The summed E-state index contributed by atoms with van der Waals surface area (Å²) in [5.41, 5.74) is 0. The number of carbonyl (C=O) groups excluding carboxylic acids is 1. The van der Waals surface area contributed by atoms with Crippen LogP contribution in [0.25, 0.3) is 0 Å². The molecule has 17 heteroatoms. The van der Waals surface area contributed by atoms with Crippen molar-refractivity contribution in [3.05, 3.63) is 0 Å². The maximum Gasteiger partial charge on any atom is 0.417 e. The van der Waals surface area contributed by atoms with Gasteiger partial charge in [-0.05, 0) is 42.9 Å². The lowest BCUT2D eigenvalue weighted by molar-refractivity contribution is -0.373. The van der Waals surface area contributed by atoms with Crippen LogP contribution in [0.2, 0.25) is 0 Å². The van der Waals surface area contributed by atoms with E-state index >= 15 is 0 Å². The molecule has 0 bridgehead atoms. The highest BCUT2D eigenvalue weighted by Crippen LogP contribution is 2.43. The molecule has 2 aliphatic heterocycles. The molecule has 0 aromatic rings. The van der Waals surface area contributed by atoms with Crippen molar-refractivity contribution in [2.24, 2.45) is 23.7 Å². The van der Waals surface area contributed by atoms with Gasteiger partial charge in [-0.2, -0.15) is 13.2 Å². The van der Waals surface area contributed by atoms with Crippen LogP contribution in [-0.4, -0.2) is 135 Å². The van der Waals surface area contributed by atoms with Gasteiger partial charge in [0.2, 0.25) is 5.91 Å². The molecule has 2 saturated heterocycles. The quantitative estimate of drug-likeness (QED) is 0.135. The fraction of sp³-hybridized carbons (Fsp3) is 0.943. The molecule has 2 aliphatic carbocycles. The van der Waals surface area contributed by atoms with Gasteiger partial charge in [-0.15, -0.1) is 0 Å². The van der Waals surface area contributed by atoms with Crippen molar-refractivity contribution in [3.63, 3.8) is 0 Å². The summed E-state index contributed by atoms with van der Waals surface area (Å²) in [5, 5.41) is 65.5. The van der Waals surface area contributed by atoms with Gasteiger partial charge in [0.25, 0.3) is 0 Å². The second-order valence-corrected chi connectivity index (χ2v) is 15.1. The van der Waals surface area contributed by atoms with Crippen LogP contribution in [0, 0.1) is 23.7 Å². The Morgan fingerprint density at radius 1 is 0.904 bits per heavy atom. The molecular formula is C35H58F3NO13. The standard InChI is InChI=1S/C35H58F3NO13/c1-5-16(3)20-13-19(6-2)29(51-34-28(45)26(43)27(44)31(52-34)35(36,37)38)21(14-20)49-33-24(39-17(4)41)30(25(42)23(15-40)50-33)48-22(32(46)47)12-18-10-8-7-9-11-18/h16,18-31,33-34,40,42-45H,5-15H2,1-4H3,(H,39,41)(H,46,47)/t16?,19-,20?,21?,22+,23+,24?,25?,26?,27?,28?,29?,30?,31?,33-,34?/m1/s1. The maximum absolute atomic E-state index is 13.8. The zero-order chi connectivity index (χ0) is 38.5. The van der Waals surface area contributed by atoms with Gasteiger partial charge in [0.05, 0.1) is 18.8 Å². The van der Waals surface area contributed by atoms with Crippen LogP contribution >= 0.6 is 0 Å². The van der Waals surface area contributed by atoms with E-state index in [1.54, 1.807) is 0 Å². The van der Waals surface area contributed by atoms with Gasteiger partial charge in [-0.25, -0.2) is 4.79 Å². The highest BCUT2D eigenvalue weighted by atomic mass is 19.4. The first-order valence-corrected chi connectivity index (χ1v) is 18.7. The molecule has 12 unspecified atom stereocenters. The predicted molar refractivity (Wildman–Crippen MR) is 175 cm³/mol. The Balaban J connectivity index is 1.67. The SMILES string of the molecule is CCC(C)C1CC(O[C@@H]2O[C@@H](CO)C(O)C(O[C@@H](CC3CCCCC3)C(=O)O)C2NC(C)=O)C(OC2OC(C(F)(F)F)C(O)C(O)C2O)[C@H](CC)C1. The third kappa shape index (κ3) is 10.3. The second-order valence-electron chi connectivity index (χ2n) is 15.1. The summed E-state index contributed by atoms with van der Waals surface area (Å²) >= 11 is 0. The molecule has 2 saturated carbocycles. The number of ether oxygens (including phenoxy) is 5. The maximum atomic E-state index is 13.8. The molecule has 2 heterocycles. The Morgan fingerprint density at radius 2 is 1.58 bits per heavy atom. The number of nitrogens with one attached hydrogen (secondary N) is 1. The number of hydrogen-bond donors (Lipinski definition) is 7. The number of alkyl halides is 3. The van der Waals surface area contributed by atoms with E-state index in [-0.39, 0.29) is 36.5 Å². The average Bonchev–Trinajstić information content (AvgIpc) is 3.10. The monoisotopic (exact) mass is 757 g/mol. The van der Waals surface area contributed by atoms with Crippen LogP contribution < -0.4 is 5.32 Å². The molecule has 0 radical (unpaired) electrons. The number of carboxylic acids is 1. The van der Waals surface area contributed by atoms with E-state index < -0.39 is 104 Å². The van der Waals surface area contributed by atoms with Crippen LogP contribution in [0.1, 0.15) is 91.9 Å². The Hall–Kier alpha value is -1.67. The third-order valence-electron chi connectivity index (χ3n) is 11.5. The molecule has 52 heavy (non-hydrogen) atoms. The number of rotatable bonds is 14. The molecular weight excluding hydrogens is 699 g/mol. The lowest BCUT2D eigenvalue weighted by Gasteiger charge is -2.50. The molecule has 4 fully saturated rings. The number of aliphatic hydroxyl groups excluding tert-OH is 5. The Kier molecular flexibility index (Phi) is 15.6. The Labute approximate surface area is 302 Å². The van der Waals surface area contributed by atoms with Crippen molar-refractivity contribution in [1.82, 2.24) is 5.32 Å². The minimum atomic E-state index is -5.10. The number of carbonyl (C=O) groups is 2. The molecule has 7 N–H and O–H groups in total. The Morgan fingerprint density at radius 3 is 2.13 bits per heavy atom. The lowest BCUT2D eigenvalue weighted by Crippen LogP contribution is -2.67. The molecule has 16 atom stereocenters. The van der Waals surface area contributed by atoms with E-state index in [0.717, 1.165) is 38.5 Å². The van der Waals surface area contributed by atoms with Crippen LogP contribution in [0.15, 0.2) is 0 Å². The third-order valence-corrected chi connectivity index (χ3v) is 11.5.